The summed E-state index contributed by atoms with van der Waals surface area (Å²) in [5.74, 6) is 0. The van der Waals surface area contributed by atoms with Crippen molar-refractivity contribution in [2.75, 3.05) is 32.1 Å². The lowest BCUT2D eigenvalue weighted by atomic mass is 9.94. The van der Waals surface area contributed by atoms with Crippen LogP contribution in [0.3, 0.4) is 0 Å². The van der Waals surface area contributed by atoms with Gasteiger partial charge in [0, 0.05) is 25.4 Å². The highest BCUT2D eigenvalue weighted by atomic mass is 16.5. The molecule has 21 heavy (non-hydrogen) atoms. The summed E-state index contributed by atoms with van der Waals surface area (Å²) in [7, 11) is 1.71. The summed E-state index contributed by atoms with van der Waals surface area (Å²) in [6.45, 7) is 2.62. The van der Waals surface area contributed by atoms with Crippen LogP contribution in [0.4, 0.5) is 10.5 Å². The van der Waals surface area contributed by atoms with E-state index in [1.807, 2.05) is 23.1 Å². The minimum Gasteiger partial charge on any atom is -0.385 e. The number of nitrogens with one attached hydrogen (secondary N) is 2. The van der Waals surface area contributed by atoms with Crippen LogP contribution in [0, 0.1) is 0 Å². The Morgan fingerprint density at radius 1 is 1.29 bits per heavy atom. The summed E-state index contributed by atoms with van der Waals surface area (Å²) in [5, 5.41) is 6.40. The Morgan fingerprint density at radius 2 is 2.05 bits per heavy atom. The molecule has 3 rings (SSSR count). The molecular weight excluding hydrogens is 266 g/mol. The molecule has 0 aliphatic carbocycles. The normalized spacial score (nSPS) is 22.8. The molecule has 1 unspecified atom stereocenters. The number of urea groups is 1. The van der Waals surface area contributed by atoms with E-state index in [0.717, 1.165) is 38.0 Å². The second kappa shape index (κ2) is 6.45. The van der Waals surface area contributed by atoms with E-state index in [9.17, 15) is 4.79 Å². The number of hydrogen-bond donors (Lipinski definition) is 2. The number of ether oxygens (including phenoxy) is 1. The summed E-state index contributed by atoms with van der Waals surface area (Å²) in [6, 6.07) is 8.54. The van der Waals surface area contributed by atoms with Gasteiger partial charge in [-0.05, 0) is 44.0 Å². The minimum atomic E-state index is 0.0294. The maximum atomic E-state index is 12.6. The number of piperidine rings is 1. The molecule has 5 nitrogen and oxygen atoms in total. The number of fused-ring (bicyclic) bond motifs is 1. The van der Waals surface area contributed by atoms with Crippen LogP contribution in [0.25, 0.3) is 0 Å². The molecule has 2 amide bonds. The third-order valence-corrected chi connectivity index (χ3v) is 4.43. The first kappa shape index (κ1) is 14.4. The molecule has 2 aliphatic rings. The lowest BCUT2D eigenvalue weighted by Crippen LogP contribution is -2.51. The molecule has 0 saturated carbocycles. The van der Waals surface area contributed by atoms with Crippen LogP contribution >= 0.6 is 0 Å². The number of anilines is 1. The van der Waals surface area contributed by atoms with Gasteiger partial charge in [0.05, 0.1) is 6.04 Å². The van der Waals surface area contributed by atoms with Gasteiger partial charge in [-0.25, -0.2) is 4.79 Å². The molecule has 2 heterocycles. The van der Waals surface area contributed by atoms with Gasteiger partial charge in [0.1, 0.15) is 0 Å². The standard InChI is InChI=1S/C16H23N3O2/c1-21-11-8-15-13-4-2-3-5-14(13)18-16(20)19(15)12-6-9-17-10-7-12/h2-5,12,15,17H,6-11H2,1H3,(H,18,20). The fourth-order valence-corrected chi connectivity index (χ4v) is 3.40. The SMILES string of the molecule is COCCC1c2ccccc2NC(=O)N1C1CCNCC1. The van der Waals surface area contributed by atoms with Crippen molar-refractivity contribution in [1.29, 1.82) is 0 Å². The number of benzene rings is 1. The lowest BCUT2D eigenvalue weighted by molar-refractivity contribution is 0.105. The highest BCUT2D eigenvalue weighted by molar-refractivity contribution is 5.93. The third kappa shape index (κ3) is 2.89. The van der Waals surface area contributed by atoms with E-state index in [1.165, 1.54) is 5.56 Å². The maximum Gasteiger partial charge on any atom is 0.322 e. The zero-order valence-corrected chi connectivity index (χ0v) is 12.5. The predicted octanol–water partition coefficient (Wildman–Crippen LogP) is 2.36. The van der Waals surface area contributed by atoms with Crippen LogP contribution in [0.2, 0.25) is 0 Å². The molecule has 1 fully saturated rings. The first-order valence-corrected chi connectivity index (χ1v) is 7.69. The van der Waals surface area contributed by atoms with Gasteiger partial charge in [0.15, 0.2) is 0 Å². The Labute approximate surface area is 125 Å². The minimum absolute atomic E-state index is 0.0294. The number of carbonyl (C=O) groups excluding carboxylic acids is 1. The zero-order valence-electron chi connectivity index (χ0n) is 12.5. The van der Waals surface area contributed by atoms with Gasteiger partial charge in [0.2, 0.25) is 0 Å². The molecule has 1 atom stereocenters. The molecule has 2 aliphatic heterocycles. The van der Waals surface area contributed by atoms with Crippen LogP contribution in [-0.2, 0) is 4.74 Å². The second-order valence-electron chi connectivity index (χ2n) is 5.70. The largest absolute Gasteiger partial charge is 0.385 e. The number of carbonyl (C=O) groups is 1. The number of nitrogens with zero attached hydrogens (tertiary/aromatic N) is 1. The van der Waals surface area contributed by atoms with Crippen molar-refractivity contribution < 1.29 is 9.53 Å². The van der Waals surface area contributed by atoms with Gasteiger partial charge in [-0.2, -0.15) is 0 Å². The van der Waals surface area contributed by atoms with Crippen molar-refractivity contribution in [3.05, 3.63) is 29.8 Å². The van der Waals surface area contributed by atoms with Gasteiger partial charge >= 0.3 is 6.03 Å². The first-order valence-electron chi connectivity index (χ1n) is 7.69. The van der Waals surface area contributed by atoms with Crippen LogP contribution in [0.5, 0.6) is 0 Å². The molecule has 1 aromatic carbocycles. The zero-order chi connectivity index (χ0) is 14.7. The van der Waals surface area contributed by atoms with Crippen LogP contribution in [-0.4, -0.2) is 43.8 Å². The average molecular weight is 289 g/mol. The Balaban J connectivity index is 1.90. The van der Waals surface area contributed by atoms with E-state index in [-0.39, 0.29) is 12.1 Å². The number of hydrogen-bond acceptors (Lipinski definition) is 3. The molecular formula is C16H23N3O2. The molecule has 5 heteroatoms. The van der Waals surface area contributed by atoms with Gasteiger partial charge in [-0.3, -0.25) is 0 Å². The summed E-state index contributed by atoms with van der Waals surface area (Å²) in [6.07, 6.45) is 2.86. The summed E-state index contributed by atoms with van der Waals surface area (Å²) in [5.41, 5.74) is 2.14. The highest BCUT2D eigenvalue weighted by Crippen LogP contribution is 2.37. The van der Waals surface area contributed by atoms with Gasteiger partial charge < -0.3 is 20.3 Å². The van der Waals surface area contributed by atoms with Gasteiger partial charge in [0.25, 0.3) is 0 Å². The van der Waals surface area contributed by atoms with Crippen molar-refractivity contribution in [1.82, 2.24) is 10.2 Å². The van der Waals surface area contributed by atoms with E-state index < -0.39 is 0 Å². The van der Waals surface area contributed by atoms with Crippen LogP contribution in [0.1, 0.15) is 30.9 Å². The molecule has 1 saturated heterocycles. The number of amides is 2. The van der Waals surface area contributed by atoms with Gasteiger partial charge in [-0.15, -0.1) is 0 Å². The van der Waals surface area contributed by atoms with E-state index in [1.54, 1.807) is 7.11 Å². The second-order valence-corrected chi connectivity index (χ2v) is 5.70. The van der Waals surface area contributed by atoms with Crippen molar-refractivity contribution in [2.24, 2.45) is 0 Å². The number of para-hydroxylation sites is 1. The van der Waals surface area contributed by atoms with Crippen molar-refractivity contribution in [3.63, 3.8) is 0 Å². The van der Waals surface area contributed by atoms with Crippen LogP contribution < -0.4 is 10.6 Å². The molecule has 2 N–H and O–H groups in total. The van der Waals surface area contributed by atoms with Crippen molar-refractivity contribution in [2.45, 2.75) is 31.3 Å². The summed E-state index contributed by atoms with van der Waals surface area (Å²) in [4.78, 5) is 14.6. The molecule has 1 aromatic rings. The predicted molar refractivity (Wildman–Crippen MR) is 82.4 cm³/mol. The monoisotopic (exact) mass is 289 g/mol. The lowest BCUT2D eigenvalue weighted by Gasteiger charge is -2.43. The smallest absolute Gasteiger partial charge is 0.322 e. The topological polar surface area (TPSA) is 53.6 Å². The van der Waals surface area contributed by atoms with E-state index in [4.69, 9.17) is 4.74 Å². The summed E-state index contributed by atoms with van der Waals surface area (Å²) < 4.78 is 5.26. The molecule has 0 spiro atoms. The average Bonchev–Trinajstić information content (AvgIpc) is 2.53. The molecule has 0 radical (unpaired) electrons. The third-order valence-electron chi connectivity index (χ3n) is 4.43. The quantitative estimate of drug-likeness (QED) is 0.894. The van der Waals surface area contributed by atoms with Crippen molar-refractivity contribution >= 4 is 11.7 Å². The number of methoxy groups -OCH3 is 1. The van der Waals surface area contributed by atoms with Gasteiger partial charge in [-0.1, -0.05) is 18.2 Å². The Kier molecular flexibility index (Phi) is 4.41. The molecule has 0 aromatic heterocycles. The first-order chi connectivity index (χ1) is 10.3. The molecule has 0 bridgehead atoms. The Morgan fingerprint density at radius 3 is 2.81 bits per heavy atom. The van der Waals surface area contributed by atoms with E-state index >= 15 is 0 Å². The van der Waals surface area contributed by atoms with Crippen molar-refractivity contribution in [3.8, 4) is 0 Å². The maximum absolute atomic E-state index is 12.6. The Hall–Kier alpha value is -1.59. The number of rotatable bonds is 4. The van der Waals surface area contributed by atoms with E-state index in [2.05, 4.69) is 16.7 Å². The Bertz CT molecular complexity index is 500. The van der Waals surface area contributed by atoms with Crippen LogP contribution in [0.15, 0.2) is 24.3 Å². The fraction of sp³-hybridized carbons (Fsp3) is 0.562. The fourth-order valence-electron chi connectivity index (χ4n) is 3.40. The highest BCUT2D eigenvalue weighted by Gasteiger charge is 2.36. The van der Waals surface area contributed by atoms with E-state index in [0.29, 0.717) is 12.6 Å². The summed E-state index contributed by atoms with van der Waals surface area (Å²) >= 11 is 0. The molecule has 114 valence electrons.